The maximum absolute atomic E-state index is 15.3. The van der Waals surface area contributed by atoms with Crippen LogP contribution in [0, 0.1) is 23.7 Å². The molecule has 2 N–H and O–H groups in total. The van der Waals surface area contributed by atoms with E-state index in [-0.39, 0.29) is 29.4 Å². The maximum Gasteiger partial charge on any atom is 0.417 e. The SMILES string of the molecule is C=Cc1ccc(N2C(=O)C3CC=C4C(CC5C(=O)N(Nc6ncc(C(F)(F)F)cc6Cl)C(=O)C5(c5ccc(Cl)cc5)C4c4ccc(O)cc4Cl)C3C2=O)cc1. The third-order valence-electron chi connectivity index (χ3n) is 11.2. The number of imide groups is 2. The predicted octanol–water partition coefficient (Wildman–Crippen LogP) is 8.60. The van der Waals surface area contributed by atoms with Crippen LogP contribution in [0.1, 0.15) is 41.0 Å². The lowest BCUT2D eigenvalue weighted by molar-refractivity contribution is -0.139. The van der Waals surface area contributed by atoms with Gasteiger partial charge in [-0.15, -0.1) is 0 Å². The molecule has 3 heterocycles. The Kier molecular flexibility index (Phi) is 8.86. The minimum absolute atomic E-state index is 0.0673. The number of carbonyl (C=O) groups excluding carboxylic acids is 4. The van der Waals surface area contributed by atoms with E-state index in [9.17, 15) is 32.7 Å². The van der Waals surface area contributed by atoms with Gasteiger partial charge in [0.1, 0.15) is 5.75 Å². The monoisotopic (exact) mass is 806 g/mol. The van der Waals surface area contributed by atoms with Crippen LogP contribution in [0.5, 0.6) is 5.75 Å². The second kappa shape index (κ2) is 13.2. The maximum atomic E-state index is 15.3. The summed E-state index contributed by atoms with van der Waals surface area (Å²) in [5.41, 5.74) is 2.16. The zero-order valence-electron chi connectivity index (χ0n) is 28.4. The molecule has 2 aliphatic heterocycles. The minimum Gasteiger partial charge on any atom is -0.508 e. The minimum atomic E-state index is -4.76. The fourth-order valence-corrected chi connectivity index (χ4v) is 9.51. The van der Waals surface area contributed by atoms with E-state index in [1.807, 2.05) is 6.08 Å². The Morgan fingerprint density at radius 1 is 0.891 bits per heavy atom. The number of allylic oxidation sites excluding steroid dienone is 2. The molecule has 0 spiro atoms. The summed E-state index contributed by atoms with van der Waals surface area (Å²) in [5.74, 6) is -7.65. The van der Waals surface area contributed by atoms with Crippen LogP contribution in [0.4, 0.5) is 24.7 Å². The number of aromatic hydroxyl groups is 1. The lowest BCUT2D eigenvalue weighted by Gasteiger charge is -2.50. The highest BCUT2D eigenvalue weighted by molar-refractivity contribution is 6.33. The van der Waals surface area contributed by atoms with Crippen molar-refractivity contribution in [3.63, 3.8) is 0 Å². The number of hydrazine groups is 1. The summed E-state index contributed by atoms with van der Waals surface area (Å²) in [6.07, 6.45) is -0.683. The molecule has 8 rings (SSSR count). The Labute approximate surface area is 327 Å². The van der Waals surface area contributed by atoms with Crippen LogP contribution in [0.3, 0.4) is 0 Å². The Hall–Kier alpha value is -5.17. The van der Waals surface area contributed by atoms with Crippen molar-refractivity contribution in [2.24, 2.45) is 23.7 Å². The third kappa shape index (κ3) is 5.64. The Balaban J connectivity index is 1.30. The summed E-state index contributed by atoms with van der Waals surface area (Å²) >= 11 is 19.4. The quantitative estimate of drug-likeness (QED) is 0.148. The number of nitrogens with zero attached hydrogens (tertiary/aromatic N) is 3. The van der Waals surface area contributed by atoms with E-state index in [0.29, 0.717) is 44.7 Å². The van der Waals surface area contributed by atoms with Crippen molar-refractivity contribution in [1.29, 1.82) is 0 Å². The number of hydrogen-bond acceptors (Lipinski definition) is 7. The van der Waals surface area contributed by atoms with Crippen molar-refractivity contribution in [3.05, 3.63) is 135 Å². The van der Waals surface area contributed by atoms with Gasteiger partial charge in [-0.25, -0.2) is 4.98 Å². The summed E-state index contributed by atoms with van der Waals surface area (Å²) in [7, 11) is 0. The molecule has 55 heavy (non-hydrogen) atoms. The van der Waals surface area contributed by atoms with Crippen molar-refractivity contribution < 1.29 is 37.5 Å². The van der Waals surface area contributed by atoms with E-state index in [0.717, 1.165) is 10.5 Å². The molecule has 2 saturated heterocycles. The standard InChI is InChI=1S/C40H28Cl3F3N4O5/c1-2-19-3-9-23(10-4-19)49-35(52)27-14-13-25-28(32(27)37(49)54)17-29-36(53)50(48-34-31(43)15-21(18-47-34)40(44,45)46)38(55)39(29,20-5-7-22(41)8-6-20)33(25)26-12-11-24(51)16-30(26)42/h2-13,15-16,18,27-29,32-33,51H,1,14,17H2,(H,47,48). The van der Waals surface area contributed by atoms with Gasteiger partial charge in [0, 0.05) is 22.2 Å². The number of benzene rings is 3. The van der Waals surface area contributed by atoms with Crippen molar-refractivity contribution >= 4 is 76.0 Å². The van der Waals surface area contributed by atoms with Crippen LogP contribution in [0.15, 0.2) is 97.2 Å². The smallest absolute Gasteiger partial charge is 0.417 e. The first kappa shape index (κ1) is 36.8. The number of carbonyl (C=O) groups is 4. The van der Waals surface area contributed by atoms with Gasteiger partial charge in [0.2, 0.25) is 11.8 Å². The number of hydrogen-bond donors (Lipinski definition) is 2. The molecule has 1 aromatic heterocycles. The Bertz CT molecular complexity index is 2350. The predicted molar refractivity (Wildman–Crippen MR) is 199 cm³/mol. The van der Waals surface area contributed by atoms with Gasteiger partial charge < -0.3 is 5.11 Å². The number of phenolic OH excluding ortho intramolecular Hbond substituents is 1. The average molecular weight is 808 g/mol. The van der Waals surface area contributed by atoms with Crippen LogP contribution in [-0.4, -0.2) is 38.7 Å². The molecule has 0 bridgehead atoms. The van der Waals surface area contributed by atoms with E-state index in [1.54, 1.807) is 60.7 Å². The highest BCUT2D eigenvalue weighted by Crippen LogP contribution is 2.65. The number of amides is 4. The number of alkyl halides is 3. The molecule has 2 aliphatic carbocycles. The first-order chi connectivity index (χ1) is 26.2. The number of anilines is 2. The van der Waals surface area contributed by atoms with Crippen LogP contribution in [0.2, 0.25) is 15.1 Å². The number of nitrogens with one attached hydrogen (secondary N) is 1. The van der Waals surface area contributed by atoms with Crippen LogP contribution in [0.25, 0.3) is 6.08 Å². The summed E-state index contributed by atoms with van der Waals surface area (Å²) < 4.78 is 40.4. The molecule has 6 atom stereocenters. The fraction of sp³-hybridized carbons (Fsp3) is 0.225. The molecule has 9 nitrogen and oxygen atoms in total. The summed E-state index contributed by atoms with van der Waals surface area (Å²) in [4.78, 5) is 63.6. The highest BCUT2D eigenvalue weighted by atomic mass is 35.5. The summed E-state index contributed by atoms with van der Waals surface area (Å²) in [5, 5.41) is 11.0. The van der Waals surface area contributed by atoms with E-state index in [2.05, 4.69) is 17.0 Å². The van der Waals surface area contributed by atoms with Gasteiger partial charge in [-0.2, -0.15) is 18.2 Å². The van der Waals surface area contributed by atoms with Gasteiger partial charge in [0.25, 0.3) is 11.8 Å². The van der Waals surface area contributed by atoms with Crippen LogP contribution in [-0.2, 0) is 30.8 Å². The molecule has 280 valence electrons. The fourth-order valence-electron chi connectivity index (χ4n) is 8.89. The molecule has 0 radical (unpaired) electrons. The molecule has 4 aliphatic rings. The molecule has 4 amide bonds. The van der Waals surface area contributed by atoms with Gasteiger partial charge >= 0.3 is 6.18 Å². The van der Waals surface area contributed by atoms with Crippen LogP contribution >= 0.6 is 34.8 Å². The van der Waals surface area contributed by atoms with Gasteiger partial charge in [-0.1, -0.05) is 89.4 Å². The molecular formula is C40H28Cl3F3N4O5. The molecule has 3 fully saturated rings. The summed E-state index contributed by atoms with van der Waals surface area (Å²) in [6, 6.07) is 18.0. The van der Waals surface area contributed by atoms with Crippen molar-refractivity contribution in [3.8, 4) is 5.75 Å². The third-order valence-corrected chi connectivity index (χ3v) is 12.1. The molecule has 3 aromatic carbocycles. The van der Waals surface area contributed by atoms with Gasteiger partial charge in [-0.05, 0) is 77.9 Å². The van der Waals surface area contributed by atoms with E-state index in [1.165, 1.54) is 12.1 Å². The lowest BCUT2D eigenvalue weighted by Crippen LogP contribution is -2.53. The second-order valence-corrected chi connectivity index (χ2v) is 15.2. The number of aromatic nitrogens is 1. The molecule has 15 heteroatoms. The first-order valence-corrected chi connectivity index (χ1v) is 18.2. The first-order valence-electron chi connectivity index (χ1n) is 17.1. The topological polar surface area (TPSA) is 120 Å². The number of fused-ring (bicyclic) bond motifs is 4. The van der Waals surface area contributed by atoms with Gasteiger partial charge in [0.05, 0.1) is 39.4 Å². The lowest BCUT2D eigenvalue weighted by atomic mass is 9.49. The Morgan fingerprint density at radius 2 is 1.60 bits per heavy atom. The van der Waals surface area contributed by atoms with Crippen molar-refractivity contribution in [2.75, 3.05) is 10.3 Å². The molecule has 4 aromatic rings. The zero-order valence-corrected chi connectivity index (χ0v) is 30.6. The Morgan fingerprint density at radius 3 is 2.24 bits per heavy atom. The van der Waals surface area contributed by atoms with Crippen molar-refractivity contribution in [1.82, 2.24) is 9.99 Å². The molecule has 1 saturated carbocycles. The molecule has 6 unspecified atom stereocenters. The van der Waals surface area contributed by atoms with Crippen LogP contribution < -0.4 is 10.3 Å². The number of phenols is 1. The molecular weight excluding hydrogens is 780 g/mol. The summed E-state index contributed by atoms with van der Waals surface area (Å²) in [6.45, 7) is 3.76. The van der Waals surface area contributed by atoms with E-state index >= 15 is 4.79 Å². The van der Waals surface area contributed by atoms with Gasteiger partial charge in [-0.3, -0.25) is 29.5 Å². The number of pyridine rings is 1. The van der Waals surface area contributed by atoms with E-state index < -0.39 is 75.4 Å². The second-order valence-electron chi connectivity index (χ2n) is 13.9. The zero-order chi connectivity index (χ0) is 39.1. The largest absolute Gasteiger partial charge is 0.508 e. The van der Waals surface area contributed by atoms with Gasteiger partial charge in [0.15, 0.2) is 5.82 Å². The van der Waals surface area contributed by atoms with E-state index in [4.69, 9.17) is 34.8 Å². The van der Waals surface area contributed by atoms with Crippen molar-refractivity contribution in [2.45, 2.75) is 30.4 Å². The average Bonchev–Trinajstić information content (AvgIpc) is 3.53. The normalized spacial score (nSPS) is 26.1. The highest BCUT2D eigenvalue weighted by Gasteiger charge is 2.70. The number of halogens is 6. The number of rotatable bonds is 6.